The number of halogens is 1. The normalized spacial score (nSPS) is 17.6. The molecule has 0 aliphatic heterocycles. The molecule has 3 nitrogen and oxygen atoms in total. The van der Waals surface area contributed by atoms with Crippen LogP contribution < -0.4 is 10.1 Å². The van der Waals surface area contributed by atoms with Crippen LogP contribution in [0.3, 0.4) is 0 Å². The average molecular weight is 284 g/mol. The van der Waals surface area contributed by atoms with Crippen molar-refractivity contribution in [3.05, 3.63) is 28.8 Å². The summed E-state index contributed by atoms with van der Waals surface area (Å²) < 4.78 is 5.62. The summed E-state index contributed by atoms with van der Waals surface area (Å²) in [5.74, 6) is 0.782. The molecule has 0 spiro atoms. The second-order valence-electron chi connectivity index (χ2n) is 5.26. The van der Waals surface area contributed by atoms with Crippen LogP contribution in [-0.2, 0) is 0 Å². The molecule has 1 saturated carbocycles. The zero-order valence-corrected chi connectivity index (χ0v) is 12.1. The van der Waals surface area contributed by atoms with E-state index in [1.54, 1.807) is 6.07 Å². The standard InChI is InChI=1S/C15H22ClNO2/c1-11-8-12(16)6-7-15(11)19-10-14(18)9-17-13-4-2-3-5-13/h6-8,13-14,17-18H,2-5,9-10H2,1H3. The van der Waals surface area contributed by atoms with Crippen LogP contribution in [0.1, 0.15) is 31.2 Å². The summed E-state index contributed by atoms with van der Waals surface area (Å²) in [5.41, 5.74) is 0.989. The Morgan fingerprint density at radius 3 is 2.84 bits per heavy atom. The SMILES string of the molecule is Cc1cc(Cl)ccc1OCC(O)CNC1CCCC1. The molecule has 1 aliphatic rings. The van der Waals surface area contributed by atoms with Gasteiger partial charge in [-0.3, -0.25) is 0 Å². The Morgan fingerprint density at radius 1 is 1.42 bits per heavy atom. The molecule has 1 aromatic carbocycles. The number of rotatable bonds is 6. The molecule has 0 heterocycles. The molecule has 19 heavy (non-hydrogen) atoms. The highest BCUT2D eigenvalue weighted by atomic mass is 35.5. The quantitative estimate of drug-likeness (QED) is 0.843. The van der Waals surface area contributed by atoms with Crippen LogP contribution in [0.4, 0.5) is 0 Å². The largest absolute Gasteiger partial charge is 0.491 e. The molecule has 1 unspecified atom stereocenters. The molecule has 1 atom stereocenters. The molecule has 0 saturated heterocycles. The van der Waals surface area contributed by atoms with Crippen LogP contribution in [0, 0.1) is 6.92 Å². The van der Waals surface area contributed by atoms with Crippen LogP contribution in [-0.4, -0.2) is 30.4 Å². The summed E-state index contributed by atoms with van der Waals surface area (Å²) >= 11 is 5.89. The lowest BCUT2D eigenvalue weighted by Crippen LogP contribution is -2.36. The number of aryl methyl sites for hydroxylation is 1. The average Bonchev–Trinajstić information content (AvgIpc) is 2.88. The first-order valence-corrected chi connectivity index (χ1v) is 7.33. The van der Waals surface area contributed by atoms with Gasteiger partial charge in [0.25, 0.3) is 0 Å². The Balaban J connectivity index is 1.71. The first-order chi connectivity index (χ1) is 9.15. The van der Waals surface area contributed by atoms with Crippen molar-refractivity contribution in [2.24, 2.45) is 0 Å². The highest BCUT2D eigenvalue weighted by Crippen LogP contribution is 2.22. The molecule has 4 heteroatoms. The maximum atomic E-state index is 9.90. The fraction of sp³-hybridized carbons (Fsp3) is 0.600. The van der Waals surface area contributed by atoms with E-state index in [9.17, 15) is 5.11 Å². The molecular weight excluding hydrogens is 262 g/mol. The monoisotopic (exact) mass is 283 g/mol. The van der Waals surface area contributed by atoms with E-state index in [0.29, 0.717) is 24.2 Å². The van der Waals surface area contributed by atoms with Crippen molar-refractivity contribution in [1.29, 1.82) is 0 Å². The van der Waals surface area contributed by atoms with Gasteiger partial charge in [-0.05, 0) is 43.5 Å². The van der Waals surface area contributed by atoms with E-state index in [2.05, 4.69) is 5.32 Å². The maximum Gasteiger partial charge on any atom is 0.122 e. The number of aliphatic hydroxyl groups excluding tert-OH is 1. The number of ether oxygens (including phenoxy) is 1. The van der Waals surface area contributed by atoms with Crippen molar-refractivity contribution < 1.29 is 9.84 Å². The van der Waals surface area contributed by atoms with Gasteiger partial charge in [0.05, 0.1) is 0 Å². The van der Waals surface area contributed by atoms with Crippen LogP contribution in [0.2, 0.25) is 5.02 Å². The van der Waals surface area contributed by atoms with Crippen molar-refractivity contribution in [3.63, 3.8) is 0 Å². The molecule has 2 rings (SSSR count). The zero-order chi connectivity index (χ0) is 13.7. The lowest BCUT2D eigenvalue weighted by atomic mass is 10.2. The summed E-state index contributed by atoms with van der Waals surface area (Å²) in [4.78, 5) is 0. The second-order valence-corrected chi connectivity index (χ2v) is 5.70. The van der Waals surface area contributed by atoms with E-state index >= 15 is 0 Å². The van der Waals surface area contributed by atoms with Crippen LogP contribution in [0.5, 0.6) is 5.75 Å². The molecule has 1 aliphatic carbocycles. The maximum absolute atomic E-state index is 9.90. The molecule has 0 bridgehead atoms. The molecule has 2 N–H and O–H groups in total. The third-order valence-electron chi connectivity index (χ3n) is 3.57. The van der Waals surface area contributed by atoms with Gasteiger partial charge in [0, 0.05) is 17.6 Å². The lowest BCUT2D eigenvalue weighted by Gasteiger charge is -2.17. The third-order valence-corrected chi connectivity index (χ3v) is 3.80. The molecule has 106 valence electrons. The smallest absolute Gasteiger partial charge is 0.122 e. The Hall–Kier alpha value is -0.770. The summed E-state index contributed by atoms with van der Waals surface area (Å²) in [6.07, 6.45) is 4.58. The van der Waals surface area contributed by atoms with Crippen molar-refractivity contribution >= 4 is 11.6 Å². The van der Waals surface area contributed by atoms with Crippen molar-refractivity contribution in [1.82, 2.24) is 5.32 Å². The Bertz CT molecular complexity index is 405. The van der Waals surface area contributed by atoms with Gasteiger partial charge >= 0.3 is 0 Å². The Morgan fingerprint density at radius 2 is 2.16 bits per heavy atom. The second kappa shape index (κ2) is 7.13. The van der Waals surface area contributed by atoms with Crippen molar-refractivity contribution in [3.8, 4) is 5.75 Å². The van der Waals surface area contributed by atoms with Gasteiger partial charge in [0.1, 0.15) is 18.5 Å². The molecule has 0 amide bonds. The topological polar surface area (TPSA) is 41.5 Å². The van der Waals surface area contributed by atoms with E-state index in [4.69, 9.17) is 16.3 Å². The summed E-state index contributed by atoms with van der Waals surface area (Å²) in [7, 11) is 0. The predicted molar refractivity (Wildman–Crippen MR) is 77.9 cm³/mol. The number of hydrogen-bond acceptors (Lipinski definition) is 3. The summed E-state index contributed by atoms with van der Waals surface area (Å²) in [6, 6.07) is 6.08. The van der Waals surface area contributed by atoms with Gasteiger partial charge < -0.3 is 15.2 Å². The lowest BCUT2D eigenvalue weighted by molar-refractivity contribution is 0.103. The first kappa shape index (κ1) is 14.6. The van der Waals surface area contributed by atoms with E-state index in [1.165, 1.54) is 25.7 Å². The van der Waals surface area contributed by atoms with Crippen LogP contribution >= 0.6 is 11.6 Å². The number of hydrogen-bond donors (Lipinski definition) is 2. The molecule has 0 aromatic heterocycles. The summed E-state index contributed by atoms with van der Waals surface area (Å²) in [6.45, 7) is 2.85. The third kappa shape index (κ3) is 4.68. The number of aliphatic hydroxyl groups is 1. The van der Waals surface area contributed by atoms with Crippen LogP contribution in [0.25, 0.3) is 0 Å². The zero-order valence-electron chi connectivity index (χ0n) is 11.4. The minimum atomic E-state index is -0.476. The highest BCUT2D eigenvalue weighted by Gasteiger charge is 2.15. The van der Waals surface area contributed by atoms with Gasteiger partial charge in [0.15, 0.2) is 0 Å². The molecular formula is C15H22ClNO2. The molecule has 0 radical (unpaired) electrons. The van der Waals surface area contributed by atoms with Crippen molar-refractivity contribution in [2.45, 2.75) is 44.8 Å². The van der Waals surface area contributed by atoms with E-state index in [0.717, 1.165) is 11.3 Å². The van der Waals surface area contributed by atoms with Gasteiger partial charge in [-0.15, -0.1) is 0 Å². The summed E-state index contributed by atoms with van der Waals surface area (Å²) in [5, 5.41) is 14.0. The predicted octanol–water partition coefficient (Wildman–Crippen LogP) is 2.92. The van der Waals surface area contributed by atoms with E-state index < -0.39 is 6.10 Å². The highest BCUT2D eigenvalue weighted by molar-refractivity contribution is 6.30. The number of benzene rings is 1. The number of nitrogens with one attached hydrogen (secondary N) is 1. The Labute approximate surface area is 119 Å². The van der Waals surface area contributed by atoms with Gasteiger partial charge in [-0.1, -0.05) is 24.4 Å². The van der Waals surface area contributed by atoms with E-state index in [1.807, 2.05) is 19.1 Å². The fourth-order valence-corrected chi connectivity index (χ4v) is 2.68. The molecule has 1 fully saturated rings. The molecule has 1 aromatic rings. The van der Waals surface area contributed by atoms with Gasteiger partial charge in [-0.25, -0.2) is 0 Å². The first-order valence-electron chi connectivity index (χ1n) is 6.95. The van der Waals surface area contributed by atoms with E-state index in [-0.39, 0.29) is 0 Å². The minimum absolute atomic E-state index is 0.308. The van der Waals surface area contributed by atoms with Gasteiger partial charge in [-0.2, -0.15) is 0 Å². The van der Waals surface area contributed by atoms with Crippen molar-refractivity contribution in [2.75, 3.05) is 13.2 Å². The fourth-order valence-electron chi connectivity index (χ4n) is 2.45. The Kier molecular flexibility index (Phi) is 5.49. The van der Waals surface area contributed by atoms with Crippen LogP contribution in [0.15, 0.2) is 18.2 Å². The minimum Gasteiger partial charge on any atom is -0.491 e. The van der Waals surface area contributed by atoms with Gasteiger partial charge in [0.2, 0.25) is 0 Å².